The van der Waals surface area contributed by atoms with Gasteiger partial charge in [0.15, 0.2) is 8.32 Å². The zero-order valence-electron chi connectivity index (χ0n) is 17.0. The molecule has 0 aromatic heterocycles. The third kappa shape index (κ3) is 4.90. The number of piperidine rings is 1. The van der Waals surface area contributed by atoms with Gasteiger partial charge in [-0.15, -0.1) is 0 Å². The number of hydrogen-bond donors (Lipinski definition) is 3. The number of nitrogens with zero attached hydrogens (tertiary/aromatic N) is 2. The molecular formula is C19H29ClN4O3Si. The molecule has 7 nitrogen and oxygen atoms in total. The molecule has 4 N–H and O–H groups in total. The molecule has 9 heteroatoms. The van der Waals surface area contributed by atoms with Crippen LogP contribution >= 0.6 is 11.6 Å². The molecule has 0 aliphatic carbocycles. The molecule has 0 radical (unpaired) electrons. The summed E-state index contributed by atoms with van der Waals surface area (Å²) in [5, 5.41) is 21.5. The van der Waals surface area contributed by atoms with E-state index in [0.29, 0.717) is 41.5 Å². The van der Waals surface area contributed by atoms with Gasteiger partial charge in [-0.2, -0.15) is 5.26 Å². The number of nitrogens with two attached hydrogens (primary N) is 1. The molecule has 1 aliphatic heterocycles. The van der Waals surface area contributed by atoms with Gasteiger partial charge in [0.05, 0.1) is 40.2 Å². The number of nitrogens with one attached hydrogen (secondary N) is 1. The van der Waals surface area contributed by atoms with E-state index in [9.17, 15) is 15.2 Å². The molecule has 154 valence electrons. The van der Waals surface area contributed by atoms with Crippen LogP contribution in [0.4, 0.5) is 16.2 Å². The van der Waals surface area contributed by atoms with Crippen LogP contribution in [-0.2, 0) is 4.43 Å². The molecule has 1 aromatic carbocycles. The third-order valence-electron chi connectivity index (χ3n) is 5.67. The summed E-state index contributed by atoms with van der Waals surface area (Å²) in [6.07, 6.45) is -0.816. The Morgan fingerprint density at radius 1 is 1.46 bits per heavy atom. The summed E-state index contributed by atoms with van der Waals surface area (Å²) in [6.45, 7) is 11.8. The monoisotopic (exact) mass is 424 g/mol. The fourth-order valence-electron chi connectivity index (χ4n) is 3.06. The number of anilines is 2. The molecule has 0 saturated carbocycles. The topological polar surface area (TPSA) is 112 Å². The van der Waals surface area contributed by atoms with E-state index in [-0.39, 0.29) is 17.2 Å². The number of nitriles is 1. The Labute approximate surface area is 172 Å². The van der Waals surface area contributed by atoms with Gasteiger partial charge in [0.25, 0.3) is 0 Å². The van der Waals surface area contributed by atoms with Crippen molar-refractivity contribution in [2.24, 2.45) is 0 Å². The lowest BCUT2D eigenvalue weighted by atomic mass is 10.0. The zero-order valence-corrected chi connectivity index (χ0v) is 18.8. The Kier molecular flexibility index (Phi) is 6.54. The van der Waals surface area contributed by atoms with E-state index in [1.165, 1.54) is 0 Å². The van der Waals surface area contributed by atoms with Gasteiger partial charge in [-0.25, -0.2) is 4.79 Å². The lowest BCUT2D eigenvalue weighted by molar-refractivity contribution is 0.115. The van der Waals surface area contributed by atoms with E-state index in [2.05, 4.69) is 45.3 Å². The number of carbonyl (C=O) groups is 1. The highest BCUT2D eigenvalue weighted by molar-refractivity contribution is 6.74. The molecule has 0 bridgehead atoms. The minimum Gasteiger partial charge on any atom is -0.465 e. The summed E-state index contributed by atoms with van der Waals surface area (Å²) >= 11 is 6.41. The van der Waals surface area contributed by atoms with Crippen molar-refractivity contribution in [1.29, 1.82) is 5.26 Å². The van der Waals surface area contributed by atoms with Crippen molar-refractivity contribution in [2.75, 3.05) is 23.7 Å². The second-order valence-corrected chi connectivity index (χ2v) is 13.9. The number of hydrogen-bond acceptors (Lipinski definition) is 5. The quantitative estimate of drug-likeness (QED) is 0.497. The van der Waals surface area contributed by atoms with E-state index in [4.69, 9.17) is 21.8 Å². The van der Waals surface area contributed by atoms with E-state index >= 15 is 0 Å². The van der Waals surface area contributed by atoms with E-state index < -0.39 is 14.4 Å². The summed E-state index contributed by atoms with van der Waals surface area (Å²) in [5.74, 6) is 0. The van der Waals surface area contributed by atoms with Gasteiger partial charge >= 0.3 is 6.09 Å². The second-order valence-electron chi connectivity index (χ2n) is 8.72. The average Bonchev–Trinajstić information content (AvgIpc) is 2.57. The van der Waals surface area contributed by atoms with Crippen LogP contribution in [0.1, 0.15) is 32.8 Å². The number of carboxylic acid groups (broad SMARTS) is 1. The number of nitrogen functional groups attached to an aromatic ring is 1. The van der Waals surface area contributed by atoms with Crippen LogP contribution in [0.5, 0.6) is 0 Å². The molecule has 1 amide bonds. The molecule has 0 unspecified atom stereocenters. The fourth-order valence-corrected chi connectivity index (χ4v) is 4.64. The van der Waals surface area contributed by atoms with E-state index in [1.54, 1.807) is 12.1 Å². The normalized spacial score (nSPS) is 20.5. The van der Waals surface area contributed by atoms with E-state index in [1.807, 2.05) is 4.90 Å². The highest BCUT2D eigenvalue weighted by atomic mass is 35.5. The van der Waals surface area contributed by atoms with Crippen molar-refractivity contribution in [3.8, 4) is 6.07 Å². The summed E-state index contributed by atoms with van der Waals surface area (Å²) in [7, 11) is -2.13. The number of rotatable bonds is 4. The highest BCUT2D eigenvalue weighted by Crippen LogP contribution is 2.39. The maximum Gasteiger partial charge on any atom is 0.404 e. The van der Waals surface area contributed by atoms with Gasteiger partial charge in [0, 0.05) is 13.1 Å². The molecule has 1 fully saturated rings. The molecule has 2 atom stereocenters. The summed E-state index contributed by atoms with van der Waals surface area (Å²) in [5.41, 5.74) is 7.43. The van der Waals surface area contributed by atoms with Crippen LogP contribution in [0.15, 0.2) is 12.1 Å². The Hall–Kier alpha value is -1.95. The predicted octanol–water partition coefficient (Wildman–Crippen LogP) is 4.03. The van der Waals surface area contributed by atoms with Gasteiger partial charge in [0.2, 0.25) is 0 Å². The first-order valence-electron chi connectivity index (χ1n) is 9.27. The van der Waals surface area contributed by atoms with Crippen LogP contribution in [0.3, 0.4) is 0 Å². The van der Waals surface area contributed by atoms with Crippen molar-refractivity contribution in [3.05, 3.63) is 22.7 Å². The third-order valence-corrected chi connectivity index (χ3v) is 10.6. The minimum atomic E-state index is -2.13. The maximum absolute atomic E-state index is 11.3. The van der Waals surface area contributed by atoms with Crippen molar-refractivity contribution in [2.45, 2.75) is 57.5 Å². The molecule has 1 saturated heterocycles. The SMILES string of the molecule is CC(C)(C)[Si](C)(C)O[C@@H]1CN(c2cc(C#N)cc(N)c2Cl)CC[C@@H]1NC(=O)O. The molecule has 28 heavy (non-hydrogen) atoms. The largest absolute Gasteiger partial charge is 0.465 e. The second kappa shape index (κ2) is 8.19. The number of benzene rings is 1. The van der Waals surface area contributed by atoms with Crippen LogP contribution in [-0.4, -0.2) is 44.8 Å². The molecule has 1 aliphatic rings. The van der Waals surface area contributed by atoms with Crippen molar-refractivity contribution in [1.82, 2.24) is 5.32 Å². The van der Waals surface area contributed by atoms with Crippen LogP contribution in [0.25, 0.3) is 0 Å². The van der Waals surface area contributed by atoms with Gasteiger partial charge in [-0.05, 0) is 36.7 Å². The molecule has 1 heterocycles. The van der Waals surface area contributed by atoms with Crippen molar-refractivity contribution in [3.63, 3.8) is 0 Å². The number of halogens is 1. The molecular weight excluding hydrogens is 396 g/mol. The minimum absolute atomic E-state index is 0.00809. The van der Waals surface area contributed by atoms with Crippen molar-refractivity contribution >= 4 is 37.4 Å². The van der Waals surface area contributed by atoms with Gasteiger partial charge < -0.3 is 25.5 Å². The zero-order chi connectivity index (χ0) is 21.3. The van der Waals surface area contributed by atoms with Gasteiger partial charge in [-0.3, -0.25) is 0 Å². The fraction of sp³-hybridized carbons (Fsp3) is 0.579. The lowest BCUT2D eigenvalue weighted by Crippen LogP contribution is -2.59. The maximum atomic E-state index is 11.3. The molecule has 2 rings (SSSR count). The first kappa shape index (κ1) is 22.3. The summed E-state index contributed by atoms with van der Waals surface area (Å²) in [6, 6.07) is 5.06. The smallest absolute Gasteiger partial charge is 0.404 e. The lowest BCUT2D eigenvalue weighted by Gasteiger charge is -2.46. The first-order valence-corrected chi connectivity index (χ1v) is 12.6. The Balaban J connectivity index is 2.34. The van der Waals surface area contributed by atoms with Crippen LogP contribution in [0, 0.1) is 11.3 Å². The van der Waals surface area contributed by atoms with Crippen LogP contribution < -0.4 is 16.0 Å². The Morgan fingerprint density at radius 3 is 2.64 bits per heavy atom. The Morgan fingerprint density at radius 2 is 2.11 bits per heavy atom. The highest BCUT2D eigenvalue weighted by Gasteiger charge is 2.43. The predicted molar refractivity (Wildman–Crippen MR) is 114 cm³/mol. The standard InChI is InChI=1S/C19H29ClN4O3Si/c1-19(2,3)28(4,5)27-16-11-24(7-6-14(16)23-18(25)26)15-9-12(10-21)8-13(22)17(15)20/h8-9,14,16,23H,6-7,11,22H2,1-5H3,(H,25,26)/t14-,16+/m0/s1. The first-order chi connectivity index (χ1) is 12.9. The average molecular weight is 425 g/mol. The van der Waals surface area contributed by atoms with Gasteiger partial charge in [0.1, 0.15) is 0 Å². The Bertz CT molecular complexity index is 789. The van der Waals surface area contributed by atoms with Crippen LogP contribution in [0.2, 0.25) is 23.2 Å². The number of amides is 1. The van der Waals surface area contributed by atoms with Gasteiger partial charge in [-0.1, -0.05) is 32.4 Å². The molecule has 0 spiro atoms. The van der Waals surface area contributed by atoms with Crippen molar-refractivity contribution < 1.29 is 14.3 Å². The summed E-state index contributed by atoms with van der Waals surface area (Å²) < 4.78 is 6.57. The molecule has 1 aromatic rings. The van der Waals surface area contributed by atoms with E-state index in [0.717, 1.165) is 0 Å². The summed E-state index contributed by atoms with van der Waals surface area (Å²) in [4.78, 5) is 13.3.